The summed E-state index contributed by atoms with van der Waals surface area (Å²) in [4.78, 5) is 35.9. The lowest BCUT2D eigenvalue weighted by Crippen LogP contribution is -2.26. The molecular formula is C20H19N3O3. The second kappa shape index (κ2) is 9.04. The Kier molecular flexibility index (Phi) is 6.52. The van der Waals surface area contributed by atoms with Crippen LogP contribution in [-0.4, -0.2) is 30.7 Å². The van der Waals surface area contributed by atoms with E-state index in [1.807, 2.05) is 0 Å². The van der Waals surface area contributed by atoms with E-state index in [9.17, 15) is 14.4 Å². The van der Waals surface area contributed by atoms with Crippen LogP contribution in [0.2, 0.25) is 0 Å². The number of terminal acetylenes is 1. The molecule has 0 aliphatic heterocycles. The maximum absolute atomic E-state index is 12.2. The van der Waals surface area contributed by atoms with Gasteiger partial charge in [-0.3, -0.25) is 14.4 Å². The SMILES string of the molecule is C#CCNC(=O)c1ccccc1NCC(=O)Nc1ccccc1C(C)=O. The van der Waals surface area contributed by atoms with Crippen LogP contribution in [0, 0.1) is 12.3 Å². The summed E-state index contributed by atoms with van der Waals surface area (Å²) >= 11 is 0. The molecule has 2 aromatic rings. The Morgan fingerprint density at radius 2 is 1.58 bits per heavy atom. The first-order chi connectivity index (χ1) is 12.5. The fraction of sp³-hybridized carbons (Fsp3) is 0.150. The molecule has 6 nitrogen and oxygen atoms in total. The Hall–Kier alpha value is -3.59. The number of carbonyl (C=O) groups excluding carboxylic acids is 3. The van der Waals surface area contributed by atoms with Crippen LogP contribution in [0.25, 0.3) is 0 Å². The van der Waals surface area contributed by atoms with Crippen molar-refractivity contribution in [2.75, 3.05) is 23.7 Å². The number of ketones is 1. The minimum Gasteiger partial charge on any atom is -0.376 e. The second-order valence-electron chi connectivity index (χ2n) is 5.44. The van der Waals surface area contributed by atoms with E-state index in [0.29, 0.717) is 22.5 Å². The van der Waals surface area contributed by atoms with Crippen LogP contribution >= 0.6 is 0 Å². The van der Waals surface area contributed by atoms with Crippen LogP contribution in [0.15, 0.2) is 48.5 Å². The van der Waals surface area contributed by atoms with E-state index in [2.05, 4.69) is 21.9 Å². The third-order valence-corrected chi connectivity index (χ3v) is 3.54. The lowest BCUT2D eigenvalue weighted by Gasteiger charge is -2.13. The Balaban J connectivity index is 2.04. The van der Waals surface area contributed by atoms with Gasteiger partial charge in [-0.1, -0.05) is 30.2 Å². The number of amides is 2. The first-order valence-electron chi connectivity index (χ1n) is 7.97. The van der Waals surface area contributed by atoms with Gasteiger partial charge in [-0.15, -0.1) is 6.42 Å². The van der Waals surface area contributed by atoms with Crippen LogP contribution in [0.4, 0.5) is 11.4 Å². The minimum absolute atomic E-state index is 0.0638. The predicted octanol–water partition coefficient (Wildman–Crippen LogP) is 2.30. The summed E-state index contributed by atoms with van der Waals surface area (Å²) in [6.07, 6.45) is 5.14. The lowest BCUT2D eigenvalue weighted by molar-refractivity contribution is -0.114. The summed E-state index contributed by atoms with van der Waals surface area (Å²) in [5.74, 6) is 1.54. The van der Waals surface area contributed by atoms with Gasteiger partial charge < -0.3 is 16.0 Å². The number of anilines is 2. The number of hydrogen-bond donors (Lipinski definition) is 3. The lowest BCUT2D eigenvalue weighted by atomic mass is 10.1. The molecule has 132 valence electrons. The molecule has 0 saturated carbocycles. The molecule has 0 spiro atoms. The average molecular weight is 349 g/mol. The number of nitrogens with one attached hydrogen (secondary N) is 3. The Morgan fingerprint density at radius 1 is 0.962 bits per heavy atom. The zero-order valence-electron chi connectivity index (χ0n) is 14.3. The predicted molar refractivity (Wildman–Crippen MR) is 101 cm³/mol. The zero-order chi connectivity index (χ0) is 18.9. The van der Waals surface area contributed by atoms with E-state index in [4.69, 9.17) is 6.42 Å². The van der Waals surface area contributed by atoms with Gasteiger partial charge in [-0.25, -0.2) is 0 Å². The van der Waals surface area contributed by atoms with Crippen molar-refractivity contribution in [2.45, 2.75) is 6.92 Å². The van der Waals surface area contributed by atoms with Crippen molar-refractivity contribution in [1.82, 2.24) is 5.32 Å². The highest BCUT2D eigenvalue weighted by atomic mass is 16.2. The second-order valence-corrected chi connectivity index (χ2v) is 5.44. The van der Waals surface area contributed by atoms with Crippen LogP contribution < -0.4 is 16.0 Å². The van der Waals surface area contributed by atoms with Crippen molar-refractivity contribution in [3.63, 3.8) is 0 Å². The first kappa shape index (κ1) is 18.7. The molecule has 0 heterocycles. The molecule has 0 radical (unpaired) electrons. The normalized spacial score (nSPS) is 9.69. The van der Waals surface area contributed by atoms with E-state index in [-0.39, 0.29) is 30.7 Å². The van der Waals surface area contributed by atoms with E-state index in [0.717, 1.165) is 0 Å². The van der Waals surface area contributed by atoms with Gasteiger partial charge in [0.15, 0.2) is 5.78 Å². The summed E-state index contributed by atoms with van der Waals surface area (Å²) in [7, 11) is 0. The molecule has 0 aliphatic carbocycles. The fourth-order valence-corrected chi connectivity index (χ4v) is 2.33. The topological polar surface area (TPSA) is 87.3 Å². The van der Waals surface area contributed by atoms with Gasteiger partial charge in [-0.2, -0.15) is 0 Å². The van der Waals surface area contributed by atoms with Gasteiger partial charge in [-0.05, 0) is 31.2 Å². The zero-order valence-corrected chi connectivity index (χ0v) is 14.3. The Morgan fingerprint density at radius 3 is 2.23 bits per heavy atom. The molecular weight excluding hydrogens is 330 g/mol. The summed E-state index contributed by atoms with van der Waals surface area (Å²) in [6.45, 7) is 1.50. The smallest absolute Gasteiger partial charge is 0.254 e. The summed E-state index contributed by atoms with van der Waals surface area (Å²) in [6, 6.07) is 13.6. The van der Waals surface area contributed by atoms with E-state index < -0.39 is 0 Å². The quantitative estimate of drug-likeness (QED) is 0.529. The van der Waals surface area contributed by atoms with E-state index in [1.54, 1.807) is 48.5 Å². The van der Waals surface area contributed by atoms with Gasteiger partial charge in [0.1, 0.15) is 0 Å². The van der Waals surface area contributed by atoms with Crippen molar-refractivity contribution in [3.05, 3.63) is 59.7 Å². The van der Waals surface area contributed by atoms with Crippen molar-refractivity contribution < 1.29 is 14.4 Å². The van der Waals surface area contributed by atoms with Gasteiger partial charge in [0.05, 0.1) is 24.3 Å². The minimum atomic E-state index is -0.336. The van der Waals surface area contributed by atoms with E-state index in [1.165, 1.54) is 6.92 Å². The van der Waals surface area contributed by atoms with Crippen LogP contribution in [-0.2, 0) is 4.79 Å². The molecule has 26 heavy (non-hydrogen) atoms. The van der Waals surface area contributed by atoms with Crippen LogP contribution in [0.3, 0.4) is 0 Å². The van der Waals surface area contributed by atoms with Gasteiger partial charge in [0, 0.05) is 11.3 Å². The summed E-state index contributed by atoms with van der Waals surface area (Å²) in [5.41, 5.74) is 1.79. The highest BCUT2D eigenvalue weighted by molar-refractivity contribution is 6.05. The molecule has 0 aromatic heterocycles. The molecule has 0 unspecified atom stereocenters. The molecule has 2 aromatic carbocycles. The summed E-state index contributed by atoms with van der Waals surface area (Å²) in [5, 5.41) is 8.21. The Labute approximate surface area is 152 Å². The monoisotopic (exact) mass is 349 g/mol. The number of carbonyl (C=O) groups is 3. The van der Waals surface area contributed by atoms with Crippen LogP contribution in [0.5, 0.6) is 0 Å². The highest BCUT2D eigenvalue weighted by Crippen LogP contribution is 2.17. The fourth-order valence-electron chi connectivity index (χ4n) is 2.33. The maximum Gasteiger partial charge on any atom is 0.254 e. The molecule has 3 N–H and O–H groups in total. The number of hydrogen-bond acceptors (Lipinski definition) is 4. The molecule has 6 heteroatoms. The molecule has 2 rings (SSSR count). The third kappa shape index (κ3) is 4.95. The summed E-state index contributed by atoms with van der Waals surface area (Å²) < 4.78 is 0. The highest BCUT2D eigenvalue weighted by Gasteiger charge is 2.12. The largest absolute Gasteiger partial charge is 0.376 e. The molecule has 0 fully saturated rings. The third-order valence-electron chi connectivity index (χ3n) is 3.54. The molecule has 0 bridgehead atoms. The molecule has 2 amide bonds. The maximum atomic E-state index is 12.2. The Bertz CT molecular complexity index is 869. The van der Waals surface area contributed by atoms with Gasteiger partial charge in [0.25, 0.3) is 5.91 Å². The van der Waals surface area contributed by atoms with E-state index >= 15 is 0 Å². The van der Waals surface area contributed by atoms with Crippen molar-refractivity contribution in [1.29, 1.82) is 0 Å². The van der Waals surface area contributed by atoms with Crippen LogP contribution in [0.1, 0.15) is 27.6 Å². The van der Waals surface area contributed by atoms with Gasteiger partial charge >= 0.3 is 0 Å². The average Bonchev–Trinajstić information content (AvgIpc) is 2.65. The standard InChI is InChI=1S/C20H19N3O3/c1-3-12-21-20(26)16-9-5-6-10-17(16)22-13-19(25)23-18-11-7-4-8-15(18)14(2)24/h1,4-11,22H,12-13H2,2H3,(H,21,26)(H,23,25). The number of Topliss-reactive ketones (excluding diaryl/α,β-unsaturated/α-hetero) is 1. The van der Waals surface area contributed by atoms with Crippen molar-refractivity contribution >= 4 is 29.0 Å². The number of rotatable bonds is 7. The number of benzene rings is 2. The first-order valence-corrected chi connectivity index (χ1v) is 7.97. The molecule has 0 saturated heterocycles. The molecule has 0 aliphatic rings. The molecule has 0 atom stereocenters. The van der Waals surface area contributed by atoms with Gasteiger partial charge in [0.2, 0.25) is 5.91 Å². The number of para-hydroxylation sites is 2. The van der Waals surface area contributed by atoms with Crippen molar-refractivity contribution in [3.8, 4) is 12.3 Å². The van der Waals surface area contributed by atoms with Crippen molar-refractivity contribution in [2.24, 2.45) is 0 Å².